The first kappa shape index (κ1) is 15.9. The Bertz CT molecular complexity index is 599. The summed E-state index contributed by atoms with van der Waals surface area (Å²) in [6.07, 6.45) is 2.52. The fraction of sp³-hybridized carbons (Fsp3) is 0.500. The summed E-state index contributed by atoms with van der Waals surface area (Å²) >= 11 is 0. The Labute approximate surface area is 127 Å². The van der Waals surface area contributed by atoms with Gasteiger partial charge in [0.15, 0.2) is 0 Å². The maximum atomic E-state index is 12.7. The number of nitrogens with zero attached hydrogens (tertiary/aromatic N) is 3. The van der Waals surface area contributed by atoms with E-state index in [2.05, 4.69) is 0 Å². The molecule has 1 amide bonds. The molecule has 0 aliphatic carbocycles. The van der Waals surface area contributed by atoms with Gasteiger partial charge >= 0.3 is 0 Å². The van der Waals surface area contributed by atoms with Crippen molar-refractivity contribution in [3.63, 3.8) is 0 Å². The average molecular weight is 307 g/mol. The molecule has 0 saturated carbocycles. The Balaban J connectivity index is 2.44. The highest BCUT2D eigenvalue weighted by Crippen LogP contribution is 2.30. The Morgan fingerprint density at radius 2 is 1.73 bits per heavy atom. The van der Waals surface area contributed by atoms with E-state index in [1.807, 2.05) is 13.8 Å². The molecule has 2 rings (SSSR count). The molecule has 1 aliphatic heterocycles. The molecule has 0 aromatic heterocycles. The minimum atomic E-state index is -0.728. The zero-order valence-corrected chi connectivity index (χ0v) is 12.4. The van der Waals surface area contributed by atoms with E-state index in [1.54, 1.807) is 4.90 Å². The minimum Gasteiger partial charge on any atom is -0.333 e. The third kappa shape index (κ3) is 2.90. The summed E-state index contributed by atoms with van der Waals surface area (Å²) in [7, 11) is 0. The molecule has 22 heavy (non-hydrogen) atoms. The molecular weight excluding hydrogens is 290 g/mol. The monoisotopic (exact) mass is 307 g/mol. The predicted molar refractivity (Wildman–Crippen MR) is 78.7 cm³/mol. The van der Waals surface area contributed by atoms with Gasteiger partial charge in [0.25, 0.3) is 17.3 Å². The summed E-state index contributed by atoms with van der Waals surface area (Å²) in [6, 6.07) is 3.17. The van der Waals surface area contributed by atoms with Crippen molar-refractivity contribution in [3.8, 4) is 0 Å². The molecule has 1 aromatic rings. The molecule has 0 bridgehead atoms. The van der Waals surface area contributed by atoms with Crippen LogP contribution in [0.2, 0.25) is 0 Å². The van der Waals surface area contributed by atoms with E-state index in [1.165, 1.54) is 0 Å². The summed E-state index contributed by atoms with van der Waals surface area (Å²) in [4.78, 5) is 34.7. The van der Waals surface area contributed by atoms with Crippen LogP contribution in [0.15, 0.2) is 18.2 Å². The molecule has 1 fully saturated rings. The number of amides is 1. The van der Waals surface area contributed by atoms with Gasteiger partial charge < -0.3 is 4.90 Å². The van der Waals surface area contributed by atoms with Crippen LogP contribution in [0.5, 0.6) is 0 Å². The second-order valence-corrected chi connectivity index (χ2v) is 5.45. The Morgan fingerprint density at radius 3 is 2.18 bits per heavy atom. The molecule has 1 saturated heterocycles. The molecular formula is C14H17N3O5. The summed E-state index contributed by atoms with van der Waals surface area (Å²) < 4.78 is 0. The van der Waals surface area contributed by atoms with Gasteiger partial charge in [-0.25, -0.2) is 0 Å². The fourth-order valence-electron chi connectivity index (χ4n) is 2.92. The lowest BCUT2D eigenvalue weighted by Crippen LogP contribution is -2.39. The number of hydrogen-bond acceptors (Lipinski definition) is 5. The van der Waals surface area contributed by atoms with E-state index in [0.717, 1.165) is 37.5 Å². The van der Waals surface area contributed by atoms with Gasteiger partial charge in [-0.3, -0.25) is 25.0 Å². The molecule has 1 aromatic carbocycles. The van der Waals surface area contributed by atoms with Crippen molar-refractivity contribution >= 4 is 17.3 Å². The maximum absolute atomic E-state index is 12.7. The molecule has 8 nitrogen and oxygen atoms in total. The van der Waals surface area contributed by atoms with E-state index < -0.39 is 21.2 Å². The van der Waals surface area contributed by atoms with Crippen LogP contribution in [0.4, 0.5) is 11.4 Å². The van der Waals surface area contributed by atoms with Gasteiger partial charge in [-0.2, -0.15) is 0 Å². The number of benzene rings is 1. The van der Waals surface area contributed by atoms with Crippen LogP contribution in [0.25, 0.3) is 0 Å². The molecule has 118 valence electrons. The van der Waals surface area contributed by atoms with Crippen molar-refractivity contribution in [2.45, 2.75) is 45.2 Å². The third-order valence-corrected chi connectivity index (χ3v) is 4.06. The van der Waals surface area contributed by atoms with Crippen molar-refractivity contribution < 1.29 is 14.6 Å². The van der Waals surface area contributed by atoms with Gasteiger partial charge in [-0.15, -0.1) is 0 Å². The van der Waals surface area contributed by atoms with Crippen molar-refractivity contribution in [2.24, 2.45) is 0 Å². The number of nitro groups is 2. The molecule has 0 spiro atoms. The largest absolute Gasteiger partial charge is 0.333 e. The molecule has 0 N–H and O–H groups in total. The normalized spacial score (nSPS) is 20.9. The lowest BCUT2D eigenvalue weighted by atomic mass is 10.1. The molecule has 0 radical (unpaired) electrons. The first-order chi connectivity index (χ1) is 10.3. The second-order valence-electron chi connectivity index (χ2n) is 5.45. The van der Waals surface area contributed by atoms with E-state index in [4.69, 9.17) is 0 Å². The van der Waals surface area contributed by atoms with Gasteiger partial charge in [0, 0.05) is 24.2 Å². The lowest BCUT2D eigenvalue weighted by molar-refractivity contribution is -0.394. The van der Waals surface area contributed by atoms with Gasteiger partial charge in [0.1, 0.15) is 0 Å². The van der Waals surface area contributed by atoms with Crippen LogP contribution in [0.3, 0.4) is 0 Å². The van der Waals surface area contributed by atoms with Crippen LogP contribution in [0.1, 0.15) is 43.5 Å². The molecule has 1 heterocycles. The number of carbonyl (C=O) groups is 1. The quantitative estimate of drug-likeness (QED) is 0.628. The Hall–Kier alpha value is -2.51. The Kier molecular flexibility index (Phi) is 4.39. The topological polar surface area (TPSA) is 107 Å². The number of hydrogen-bond donors (Lipinski definition) is 0. The number of non-ortho nitro benzene ring substituents is 2. The summed E-state index contributed by atoms with van der Waals surface area (Å²) in [5, 5.41) is 21.8. The second kappa shape index (κ2) is 6.08. The molecule has 2 atom stereocenters. The molecule has 8 heteroatoms. The van der Waals surface area contributed by atoms with Gasteiger partial charge in [-0.05, 0) is 26.2 Å². The van der Waals surface area contributed by atoms with E-state index >= 15 is 0 Å². The van der Waals surface area contributed by atoms with Crippen LogP contribution in [-0.4, -0.2) is 32.7 Å². The number of carbonyl (C=O) groups excluding carboxylic acids is 1. The zero-order chi connectivity index (χ0) is 16.4. The van der Waals surface area contributed by atoms with Crippen LogP contribution in [0, 0.1) is 20.2 Å². The number of rotatable bonds is 4. The zero-order valence-electron chi connectivity index (χ0n) is 12.4. The van der Waals surface area contributed by atoms with Crippen LogP contribution in [-0.2, 0) is 0 Å². The van der Waals surface area contributed by atoms with Crippen LogP contribution >= 0.6 is 0 Å². The van der Waals surface area contributed by atoms with E-state index in [0.29, 0.717) is 0 Å². The highest BCUT2D eigenvalue weighted by atomic mass is 16.6. The van der Waals surface area contributed by atoms with Crippen molar-refractivity contribution in [1.82, 2.24) is 4.90 Å². The predicted octanol–water partition coefficient (Wildman–Crippen LogP) is 2.91. The number of likely N-dealkylation sites (tertiary alicyclic amines) is 1. The maximum Gasteiger partial charge on any atom is 0.277 e. The smallest absolute Gasteiger partial charge is 0.277 e. The first-order valence-electron chi connectivity index (χ1n) is 7.11. The lowest BCUT2D eigenvalue weighted by Gasteiger charge is -2.28. The molecule has 1 aliphatic rings. The van der Waals surface area contributed by atoms with Gasteiger partial charge in [0.05, 0.1) is 21.5 Å². The molecule has 0 unspecified atom stereocenters. The highest BCUT2D eigenvalue weighted by molar-refractivity contribution is 5.96. The van der Waals surface area contributed by atoms with Crippen molar-refractivity contribution in [2.75, 3.05) is 0 Å². The average Bonchev–Trinajstić information content (AvgIpc) is 2.86. The highest BCUT2D eigenvalue weighted by Gasteiger charge is 2.34. The SMILES string of the molecule is CC[C@@H]1CC[C@@H](C)N1C(=O)c1cc([N+](=O)[O-])cc([N+](=O)[O-])c1. The summed E-state index contributed by atoms with van der Waals surface area (Å²) in [5.74, 6) is -0.386. The Morgan fingerprint density at radius 1 is 1.18 bits per heavy atom. The summed E-state index contributed by atoms with van der Waals surface area (Å²) in [5.41, 5.74) is -0.900. The van der Waals surface area contributed by atoms with Crippen LogP contribution < -0.4 is 0 Å². The first-order valence-corrected chi connectivity index (χ1v) is 7.11. The van der Waals surface area contributed by atoms with Crippen molar-refractivity contribution in [1.29, 1.82) is 0 Å². The number of nitro benzene ring substituents is 2. The van der Waals surface area contributed by atoms with Crippen molar-refractivity contribution in [3.05, 3.63) is 44.0 Å². The van der Waals surface area contributed by atoms with E-state index in [-0.39, 0.29) is 23.6 Å². The van der Waals surface area contributed by atoms with Gasteiger partial charge in [-0.1, -0.05) is 6.92 Å². The fourth-order valence-corrected chi connectivity index (χ4v) is 2.92. The minimum absolute atomic E-state index is 0.00639. The summed E-state index contributed by atoms with van der Waals surface area (Å²) in [6.45, 7) is 3.89. The van der Waals surface area contributed by atoms with Gasteiger partial charge in [0.2, 0.25) is 0 Å². The standard InChI is InChI=1S/C14H17N3O5/c1-3-11-5-4-9(2)15(11)14(18)10-6-12(16(19)20)8-13(7-10)17(21)22/h6-9,11H,3-5H2,1-2H3/t9-,11-/m1/s1. The third-order valence-electron chi connectivity index (χ3n) is 4.06. The van der Waals surface area contributed by atoms with E-state index in [9.17, 15) is 25.0 Å².